The van der Waals surface area contributed by atoms with E-state index in [1.54, 1.807) is 12.1 Å². The molecule has 0 aliphatic rings. The number of nitrogens with one attached hydrogen (secondary N) is 1. The third kappa shape index (κ3) is 5.12. The van der Waals surface area contributed by atoms with Crippen molar-refractivity contribution in [3.05, 3.63) is 35.1 Å². The minimum Gasteiger partial charge on any atom is -0.374 e. The lowest BCUT2D eigenvalue weighted by atomic mass is 10.0. The number of hydrogen-bond donors (Lipinski definition) is 2. The second-order valence-corrected chi connectivity index (χ2v) is 5.56. The highest BCUT2D eigenvalue weighted by molar-refractivity contribution is 5.27. The first-order chi connectivity index (χ1) is 8.31. The summed E-state index contributed by atoms with van der Waals surface area (Å²) in [5.74, 6) is 5.29. The van der Waals surface area contributed by atoms with Crippen molar-refractivity contribution in [2.45, 2.75) is 45.8 Å². The first-order valence-corrected chi connectivity index (χ1v) is 6.17. The van der Waals surface area contributed by atoms with E-state index in [4.69, 9.17) is 10.6 Å². The predicted molar refractivity (Wildman–Crippen MR) is 71.7 cm³/mol. The highest BCUT2D eigenvalue weighted by Crippen LogP contribution is 2.14. The quantitative estimate of drug-likeness (QED) is 0.626. The van der Waals surface area contributed by atoms with Crippen LogP contribution in [-0.4, -0.2) is 18.2 Å². The van der Waals surface area contributed by atoms with Gasteiger partial charge in [-0.3, -0.25) is 11.3 Å². The fourth-order valence-electron chi connectivity index (χ4n) is 1.64. The molecular formula is C14H23FN2O. The van der Waals surface area contributed by atoms with Crippen LogP contribution in [0.1, 0.15) is 31.9 Å². The number of hydrazine groups is 1. The van der Waals surface area contributed by atoms with E-state index in [2.05, 4.69) is 5.43 Å². The molecule has 0 amide bonds. The first-order valence-electron chi connectivity index (χ1n) is 6.17. The smallest absolute Gasteiger partial charge is 0.123 e. The Hall–Kier alpha value is -0.970. The molecule has 0 aliphatic carbocycles. The Balaban J connectivity index is 2.65. The van der Waals surface area contributed by atoms with Gasteiger partial charge in [0.25, 0.3) is 0 Å². The average molecular weight is 254 g/mol. The second kappa shape index (κ2) is 6.27. The van der Waals surface area contributed by atoms with E-state index < -0.39 is 0 Å². The Labute approximate surface area is 108 Å². The van der Waals surface area contributed by atoms with E-state index >= 15 is 0 Å². The zero-order chi connectivity index (χ0) is 13.8. The summed E-state index contributed by atoms with van der Waals surface area (Å²) in [6.45, 7) is 8.44. The van der Waals surface area contributed by atoms with Crippen LogP contribution in [0.2, 0.25) is 0 Å². The number of nitrogens with two attached hydrogens (primary N) is 1. The van der Waals surface area contributed by atoms with Crippen molar-refractivity contribution in [3.8, 4) is 0 Å². The van der Waals surface area contributed by atoms with E-state index in [-0.39, 0.29) is 17.5 Å². The van der Waals surface area contributed by atoms with Gasteiger partial charge in [0.15, 0.2) is 0 Å². The summed E-state index contributed by atoms with van der Waals surface area (Å²) in [4.78, 5) is 0. The van der Waals surface area contributed by atoms with Crippen LogP contribution in [0.5, 0.6) is 0 Å². The molecule has 3 nitrogen and oxygen atoms in total. The standard InChI is InChI=1S/C14H23FN2O/c1-10-5-6-12(15)7-11(10)8-13(17-16)9-18-14(2,3)4/h5-7,13,17H,8-9,16H2,1-4H3. The number of hydrogen-bond acceptors (Lipinski definition) is 3. The van der Waals surface area contributed by atoms with Crippen molar-refractivity contribution < 1.29 is 9.13 Å². The number of rotatable bonds is 5. The van der Waals surface area contributed by atoms with Gasteiger partial charge < -0.3 is 4.74 Å². The third-order valence-corrected chi connectivity index (χ3v) is 2.73. The molecule has 102 valence electrons. The van der Waals surface area contributed by atoms with Gasteiger partial charge in [-0.05, 0) is 57.4 Å². The Bertz CT molecular complexity index is 388. The summed E-state index contributed by atoms with van der Waals surface area (Å²) < 4.78 is 18.9. The van der Waals surface area contributed by atoms with E-state index in [0.717, 1.165) is 11.1 Å². The molecular weight excluding hydrogens is 231 g/mol. The molecule has 1 aromatic rings. The zero-order valence-corrected chi connectivity index (χ0v) is 11.6. The van der Waals surface area contributed by atoms with E-state index in [0.29, 0.717) is 13.0 Å². The summed E-state index contributed by atoms with van der Waals surface area (Å²) in [5, 5.41) is 0. The highest BCUT2D eigenvalue weighted by Gasteiger charge is 2.16. The molecule has 0 aliphatic heterocycles. The summed E-state index contributed by atoms with van der Waals surface area (Å²) in [6, 6.07) is 4.78. The molecule has 1 atom stereocenters. The molecule has 1 aromatic carbocycles. The van der Waals surface area contributed by atoms with Gasteiger partial charge in [0.1, 0.15) is 5.82 Å². The van der Waals surface area contributed by atoms with Crippen LogP contribution in [0.15, 0.2) is 18.2 Å². The highest BCUT2D eigenvalue weighted by atomic mass is 19.1. The largest absolute Gasteiger partial charge is 0.374 e. The van der Waals surface area contributed by atoms with Crippen molar-refractivity contribution in [3.63, 3.8) is 0 Å². The Kier molecular flexibility index (Phi) is 5.26. The SMILES string of the molecule is Cc1ccc(F)cc1CC(COC(C)(C)C)NN. The molecule has 3 N–H and O–H groups in total. The van der Waals surface area contributed by atoms with Crippen LogP contribution in [0.3, 0.4) is 0 Å². The molecule has 0 saturated carbocycles. The minimum absolute atomic E-state index is 0.0234. The van der Waals surface area contributed by atoms with Gasteiger partial charge in [-0.25, -0.2) is 4.39 Å². The molecule has 0 bridgehead atoms. The molecule has 0 saturated heterocycles. The normalized spacial score (nSPS) is 13.7. The maximum Gasteiger partial charge on any atom is 0.123 e. The van der Waals surface area contributed by atoms with Gasteiger partial charge in [-0.2, -0.15) is 0 Å². The number of ether oxygens (including phenoxy) is 1. The lowest BCUT2D eigenvalue weighted by molar-refractivity contribution is -0.0143. The molecule has 18 heavy (non-hydrogen) atoms. The van der Waals surface area contributed by atoms with E-state index in [1.807, 2.05) is 27.7 Å². The van der Waals surface area contributed by atoms with Gasteiger partial charge in [0.2, 0.25) is 0 Å². The van der Waals surface area contributed by atoms with Crippen molar-refractivity contribution in [2.24, 2.45) is 5.84 Å². The van der Waals surface area contributed by atoms with Crippen LogP contribution >= 0.6 is 0 Å². The summed E-state index contributed by atoms with van der Waals surface area (Å²) in [5.41, 5.74) is 4.54. The van der Waals surface area contributed by atoms with Gasteiger partial charge in [0, 0.05) is 6.04 Å². The topological polar surface area (TPSA) is 47.3 Å². The van der Waals surface area contributed by atoms with Crippen molar-refractivity contribution in [1.82, 2.24) is 5.43 Å². The van der Waals surface area contributed by atoms with Crippen molar-refractivity contribution >= 4 is 0 Å². The second-order valence-electron chi connectivity index (χ2n) is 5.56. The van der Waals surface area contributed by atoms with E-state index in [1.165, 1.54) is 6.07 Å². The Morgan fingerprint density at radius 3 is 2.61 bits per heavy atom. The monoisotopic (exact) mass is 254 g/mol. The lowest BCUT2D eigenvalue weighted by Gasteiger charge is -2.24. The molecule has 0 aromatic heterocycles. The van der Waals surface area contributed by atoms with Gasteiger partial charge in [0.05, 0.1) is 12.2 Å². The fraction of sp³-hybridized carbons (Fsp3) is 0.571. The summed E-state index contributed by atoms with van der Waals surface area (Å²) in [6.07, 6.45) is 0.649. The molecule has 1 rings (SSSR count). The lowest BCUT2D eigenvalue weighted by Crippen LogP contribution is -2.42. The van der Waals surface area contributed by atoms with E-state index in [9.17, 15) is 4.39 Å². The van der Waals surface area contributed by atoms with Gasteiger partial charge in [-0.15, -0.1) is 0 Å². The molecule has 0 heterocycles. The van der Waals surface area contributed by atoms with Crippen LogP contribution in [0.4, 0.5) is 4.39 Å². The Morgan fingerprint density at radius 1 is 1.39 bits per heavy atom. The average Bonchev–Trinajstić information content (AvgIpc) is 2.27. The minimum atomic E-state index is -0.219. The van der Waals surface area contributed by atoms with Crippen LogP contribution in [0, 0.1) is 12.7 Å². The summed E-state index contributed by atoms with van der Waals surface area (Å²) in [7, 11) is 0. The van der Waals surface area contributed by atoms with Crippen LogP contribution < -0.4 is 11.3 Å². The molecule has 4 heteroatoms. The number of aryl methyl sites for hydroxylation is 1. The van der Waals surface area contributed by atoms with Crippen LogP contribution in [0.25, 0.3) is 0 Å². The number of halogens is 1. The van der Waals surface area contributed by atoms with Crippen molar-refractivity contribution in [1.29, 1.82) is 0 Å². The molecule has 0 radical (unpaired) electrons. The fourth-order valence-corrected chi connectivity index (χ4v) is 1.64. The van der Waals surface area contributed by atoms with Gasteiger partial charge >= 0.3 is 0 Å². The summed E-state index contributed by atoms with van der Waals surface area (Å²) >= 11 is 0. The van der Waals surface area contributed by atoms with Crippen LogP contribution in [-0.2, 0) is 11.2 Å². The number of benzene rings is 1. The Morgan fingerprint density at radius 2 is 2.06 bits per heavy atom. The zero-order valence-electron chi connectivity index (χ0n) is 11.6. The van der Waals surface area contributed by atoms with Crippen molar-refractivity contribution in [2.75, 3.05) is 6.61 Å². The maximum atomic E-state index is 13.2. The first kappa shape index (κ1) is 15.1. The van der Waals surface area contributed by atoms with Gasteiger partial charge in [-0.1, -0.05) is 6.07 Å². The molecule has 0 fully saturated rings. The maximum absolute atomic E-state index is 13.2. The predicted octanol–water partition coefficient (Wildman–Crippen LogP) is 2.32. The third-order valence-electron chi connectivity index (χ3n) is 2.73. The molecule has 0 spiro atoms. The molecule has 1 unspecified atom stereocenters.